The normalized spacial score (nSPS) is 18.9. The van der Waals surface area contributed by atoms with Gasteiger partial charge in [-0.15, -0.1) is 11.3 Å². The number of ether oxygens (including phenoxy) is 2. The van der Waals surface area contributed by atoms with Crippen LogP contribution in [0.2, 0.25) is 0 Å². The number of nitrogens with one attached hydrogen (secondary N) is 2. The monoisotopic (exact) mass is 433 g/mol. The average Bonchev–Trinajstić information content (AvgIpc) is 3.36. The molecule has 2 atom stereocenters. The number of guanidine groups is 1. The zero-order valence-electron chi connectivity index (χ0n) is 16.3. The van der Waals surface area contributed by atoms with Crippen molar-refractivity contribution in [2.24, 2.45) is 4.99 Å². The molecule has 3 N–H and O–H groups in total. The Hall–Kier alpha value is -1.20. The highest BCUT2D eigenvalue weighted by atomic mass is 32.2. The summed E-state index contributed by atoms with van der Waals surface area (Å²) in [6, 6.07) is 3.22. The number of nitrogens with zero attached hydrogens (tertiary/aromatic N) is 1. The number of sulfone groups is 1. The van der Waals surface area contributed by atoms with E-state index >= 15 is 0 Å². The Morgan fingerprint density at radius 3 is 3.04 bits per heavy atom. The summed E-state index contributed by atoms with van der Waals surface area (Å²) in [5.41, 5.74) is 0. The number of hydrogen-bond acceptors (Lipinski definition) is 7. The minimum atomic E-state index is -3.48. The van der Waals surface area contributed by atoms with Crippen LogP contribution in [0.4, 0.5) is 0 Å². The zero-order valence-corrected chi connectivity index (χ0v) is 17.9. The van der Waals surface area contributed by atoms with Crippen molar-refractivity contribution < 1.29 is 23.0 Å². The average molecular weight is 434 g/mol. The van der Waals surface area contributed by atoms with Crippen molar-refractivity contribution in [2.75, 3.05) is 45.2 Å². The lowest BCUT2D eigenvalue weighted by atomic mass is 10.2. The molecule has 2 rings (SSSR count). The van der Waals surface area contributed by atoms with Crippen LogP contribution in [0, 0.1) is 0 Å². The summed E-state index contributed by atoms with van der Waals surface area (Å²) in [5, 5.41) is 18.0. The van der Waals surface area contributed by atoms with Crippen LogP contribution in [0.25, 0.3) is 0 Å². The maximum Gasteiger partial charge on any atom is 0.191 e. The molecule has 2 heterocycles. The highest BCUT2D eigenvalue weighted by molar-refractivity contribution is 7.93. The van der Waals surface area contributed by atoms with Gasteiger partial charge in [-0.1, -0.05) is 6.07 Å². The van der Waals surface area contributed by atoms with Crippen molar-refractivity contribution >= 4 is 27.1 Å². The Balaban J connectivity index is 1.67. The maximum atomic E-state index is 12.2. The largest absolute Gasteiger partial charge is 0.390 e. The standard InChI is InChI=1S/C18H31N3O5S2/c1-2-19-18(20-8-5-9-25-13-16-6-3-10-26-16)21-12-15(22)14-28(23,24)17-7-4-11-27-17/h4,7,11,15-16,22H,2-3,5-6,8-10,12-14H2,1H3,(H2,19,20,21). The topological polar surface area (TPSA) is 109 Å². The second-order valence-corrected chi connectivity index (χ2v) is 9.79. The van der Waals surface area contributed by atoms with E-state index in [1.165, 1.54) is 0 Å². The number of aliphatic imine (C=N–C) groups is 1. The van der Waals surface area contributed by atoms with Crippen LogP contribution >= 0.6 is 11.3 Å². The second-order valence-electron chi connectivity index (χ2n) is 6.58. The van der Waals surface area contributed by atoms with Crippen LogP contribution in [-0.2, 0) is 19.3 Å². The molecule has 0 saturated carbocycles. The number of thiophene rings is 1. The van der Waals surface area contributed by atoms with Crippen LogP contribution in [0.5, 0.6) is 0 Å². The van der Waals surface area contributed by atoms with Crippen molar-refractivity contribution in [1.82, 2.24) is 10.6 Å². The maximum absolute atomic E-state index is 12.2. The smallest absolute Gasteiger partial charge is 0.191 e. The second kappa shape index (κ2) is 12.4. The van der Waals surface area contributed by atoms with E-state index in [1.54, 1.807) is 17.5 Å². The highest BCUT2D eigenvalue weighted by Crippen LogP contribution is 2.18. The van der Waals surface area contributed by atoms with Gasteiger partial charge in [-0.3, -0.25) is 4.99 Å². The molecule has 1 aromatic rings. The first-order chi connectivity index (χ1) is 13.5. The quantitative estimate of drug-likeness (QED) is 0.257. The molecule has 1 aliphatic heterocycles. The third-order valence-electron chi connectivity index (χ3n) is 4.10. The molecule has 0 aromatic carbocycles. The molecule has 1 aliphatic rings. The van der Waals surface area contributed by atoms with Gasteiger partial charge < -0.3 is 25.2 Å². The van der Waals surface area contributed by atoms with Crippen LogP contribution in [0.3, 0.4) is 0 Å². The number of rotatable bonds is 12. The molecule has 1 saturated heterocycles. The summed E-state index contributed by atoms with van der Waals surface area (Å²) in [6.07, 6.45) is 2.17. The molecule has 1 fully saturated rings. The molecule has 1 aromatic heterocycles. The van der Waals surface area contributed by atoms with Gasteiger partial charge in [0.05, 0.1) is 31.1 Å². The number of aliphatic hydroxyl groups excluding tert-OH is 1. The van der Waals surface area contributed by atoms with Crippen LogP contribution in [0.15, 0.2) is 26.7 Å². The van der Waals surface area contributed by atoms with E-state index in [9.17, 15) is 13.5 Å². The summed E-state index contributed by atoms with van der Waals surface area (Å²) >= 11 is 1.15. The van der Waals surface area contributed by atoms with Crippen molar-refractivity contribution in [2.45, 2.75) is 42.6 Å². The minimum absolute atomic E-state index is 0.00938. The Labute approximate surface area is 171 Å². The van der Waals surface area contributed by atoms with Gasteiger partial charge in [0.25, 0.3) is 0 Å². The van der Waals surface area contributed by atoms with Crippen molar-refractivity contribution in [1.29, 1.82) is 0 Å². The Morgan fingerprint density at radius 1 is 1.50 bits per heavy atom. The lowest BCUT2D eigenvalue weighted by Crippen LogP contribution is -2.39. The highest BCUT2D eigenvalue weighted by Gasteiger charge is 2.20. The predicted molar refractivity (Wildman–Crippen MR) is 111 cm³/mol. The number of hydrogen-bond donors (Lipinski definition) is 3. The van der Waals surface area contributed by atoms with Crippen molar-refractivity contribution in [3.63, 3.8) is 0 Å². The summed E-state index contributed by atoms with van der Waals surface area (Å²) in [4.78, 5) is 4.28. The van der Waals surface area contributed by atoms with E-state index in [0.717, 1.165) is 37.2 Å². The molecule has 0 spiro atoms. The van der Waals surface area contributed by atoms with Crippen LogP contribution in [0.1, 0.15) is 26.2 Å². The van der Waals surface area contributed by atoms with Gasteiger partial charge in [-0.05, 0) is 37.6 Å². The molecular formula is C18H31N3O5S2. The molecule has 0 bridgehead atoms. The fourth-order valence-corrected chi connectivity index (χ4v) is 5.21. The third-order valence-corrected chi connectivity index (χ3v) is 7.39. The van der Waals surface area contributed by atoms with Crippen molar-refractivity contribution in [3.05, 3.63) is 17.5 Å². The summed E-state index contributed by atoms with van der Waals surface area (Å²) in [5.74, 6) is 0.210. The Morgan fingerprint density at radius 2 is 2.36 bits per heavy atom. The molecular weight excluding hydrogens is 402 g/mol. The summed E-state index contributed by atoms with van der Waals surface area (Å²) in [7, 11) is -3.48. The predicted octanol–water partition coefficient (Wildman–Crippen LogP) is 1.02. The SMILES string of the molecule is CCNC(=NCC(O)CS(=O)(=O)c1cccs1)NCCCOCC1CCCO1. The summed E-state index contributed by atoms with van der Waals surface area (Å²) < 4.78 is 35.8. The van der Waals surface area contributed by atoms with E-state index in [2.05, 4.69) is 15.6 Å². The van der Waals surface area contributed by atoms with E-state index < -0.39 is 15.9 Å². The van der Waals surface area contributed by atoms with E-state index in [0.29, 0.717) is 32.3 Å². The van der Waals surface area contributed by atoms with Crippen LogP contribution < -0.4 is 10.6 Å². The number of aliphatic hydroxyl groups is 1. The minimum Gasteiger partial charge on any atom is -0.390 e. The third kappa shape index (κ3) is 8.44. The van der Waals surface area contributed by atoms with Gasteiger partial charge in [0.15, 0.2) is 15.8 Å². The first-order valence-electron chi connectivity index (χ1n) is 9.67. The van der Waals surface area contributed by atoms with Crippen molar-refractivity contribution in [3.8, 4) is 0 Å². The summed E-state index contributed by atoms with van der Waals surface area (Å²) in [6.45, 7) is 5.40. The molecule has 0 radical (unpaired) electrons. The van der Waals surface area contributed by atoms with E-state index in [4.69, 9.17) is 9.47 Å². The van der Waals surface area contributed by atoms with Gasteiger partial charge in [-0.2, -0.15) is 0 Å². The van der Waals surface area contributed by atoms with Gasteiger partial charge in [-0.25, -0.2) is 8.42 Å². The van der Waals surface area contributed by atoms with Gasteiger partial charge in [0.1, 0.15) is 4.21 Å². The Bertz CT molecular complexity index is 673. The van der Waals surface area contributed by atoms with Gasteiger partial charge >= 0.3 is 0 Å². The molecule has 160 valence electrons. The zero-order chi connectivity index (χ0) is 20.2. The van der Waals surface area contributed by atoms with Gasteiger partial charge in [0.2, 0.25) is 0 Å². The van der Waals surface area contributed by atoms with Crippen LogP contribution in [-0.4, -0.2) is 76.9 Å². The fourth-order valence-electron chi connectivity index (χ4n) is 2.74. The Kier molecular flexibility index (Phi) is 10.2. The molecule has 28 heavy (non-hydrogen) atoms. The van der Waals surface area contributed by atoms with Gasteiger partial charge in [0, 0.05) is 26.3 Å². The first kappa shape index (κ1) is 23.1. The first-order valence-corrected chi connectivity index (χ1v) is 12.2. The van der Waals surface area contributed by atoms with E-state index in [1.807, 2.05) is 6.92 Å². The molecule has 0 amide bonds. The molecule has 8 nitrogen and oxygen atoms in total. The molecule has 0 aliphatic carbocycles. The molecule has 2 unspecified atom stereocenters. The van der Waals surface area contributed by atoms with E-state index in [-0.39, 0.29) is 22.6 Å². The fraction of sp³-hybridized carbons (Fsp3) is 0.722. The lowest BCUT2D eigenvalue weighted by Gasteiger charge is -2.14. The molecule has 10 heteroatoms. The lowest BCUT2D eigenvalue weighted by molar-refractivity contribution is 0.0168.